The van der Waals surface area contributed by atoms with Crippen LogP contribution in [0.2, 0.25) is 0 Å². The summed E-state index contributed by atoms with van der Waals surface area (Å²) in [6.07, 6.45) is 1.60. The Labute approximate surface area is 97.0 Å². The summed E-state index contributed by atoms with van der Waals surface area (Å²) < 4.78 is 0. The van der Waals surface area contributed by atoms with Crippen LogP contribution in [0.4, 0.5) is 4.79 Å². The Morgan fingerprint density at radius 3 is 2.82 bits per heavy atom. The van der Waals surface area contributed by atoms with Gasteiger partial charge in [-0.25, -0.2) is 9.59 Å². The van der Waals surface area contributed by atoms with Crippen LogP contribution in [0.15, 0.2) is 12.4 Å². The lowest BCUT2D eigenvalue weighted by Gasteiger charge is -2.13. The molecule has 1 rings (SSSR count). The zero-order chi connectivity index (χ0) is 12.8. The number of aromatic amines is 1. The summed E-state index contributed by atoms with van der Waals surface area (Å²) in [6, 6.07) is -0.824. The molecule has 0 aliphatic carbocycles. The molecule has 5 N–H and O–H groups in total. The largest absolute Gasteiger partial charge is 0.479 e. The van der Waals surface area contributed by atoms with Crippen LogP contribution in [-0.4, -0.2) is 45.1 Å². The van der Waals surface area contributed by atoms with Crippen molar-refractivity contribution in [1.29, 1.82) is 0 Å². The minimum atomic E-state index is -1.61. The summed E-state index contributed by atoms with van der Waals surface area (Å²) in [4.78, 5) is 21.6. The minimum absolute atomic E-state index is 0.268. The number of urea groups is 1. The molecule has 0 radical (unpaired) electrons. The van der Waals surface area contributed by atoms with E-state index in [-0.39, 0.29) is 12.6 Å². The zero-order valence-electron chi connectivity index (χ0n) is 9.17. The maximum absolute atomic E-state index is 11.3. The molecule has 1 aromatic rings. The Hall–Kier alpha value is -2.09. The molecule has 0 aliphatic rings. The number of rotatable bonds is 5. The molecule has 0 bridgehead atoms. The maximum atomic E-state index is 11.3. The third-order valence-electron chi connectivity index (χ3n) is 2.11. The summed E-state index contributed by atoms with van der Waals surface area (Å²) in [5, 5.41) is 28.5. The van der Waals surface area contributed by atoms with Crippen molar-refractivity contribution in [2.24, 2.45) is 0 Å². The van der Waals surface area contributed by atoms with Gasteiger partial charge >= 0.3 is 12.0 Å². The van der Waals surface area contributed by atoms with E-state index in [9.17, 15) is 9.59 Å². The molecule has 0 saturated carbocycles. The van der Waals surface area contributed by atoms with Gasteiger partial charge in [-0.1, -0.05) is 0 Å². The molecule has 17 heavy (non-hydrogen) atoms. The molecule has 0 spiro atoms. The van der Waals surface area contributed by atoms with Crippen LogP contribution in [0.25, 0.3) is 0 Å². The van der Waals surface area contributed by atoms with Crippen LogP contribution in [0, 0.1) is 0 Å². The van der Waals surface area contributed by atoms with Crippen molar-refractivity contribution >= 4 is 12.0 Å². The first-order valence-electron chi connectivity index (χ1n) is 4.94. The van der Waals surface area contributed by atoms with Crippen LogP contribution < -0.4 is 10.6 Å². The average Bonchev–Trinajstić information content (AvgIpc) is 2.78. The Bertz CT molecular complexity index is 378. The number of aliphatic hydroxyl groups excluding tert-OH is 1. The highest BCUT2D eigenvalue weighted by Crippen LogP contribution is 2.08. The lowest BCUT2D eigenvalue weighted by Crippen LogP contribution is -2.42. The first-order valence-corrected chi connectivity index (χ1v) is 4.94. The number of H-pyrrole nitrogens is 1. The second-order valence-electron chi connectivity index (χ2n) is 3.46. The number of carbonyl (C=O) groups is 2. The van der Waals surface area contributed by atoms with Crippen LogP contribution in [0.3, 0.4) is 0 Å². The topological polar surface area (TPSA) is 127 Å². The molecule has 0 saturated heterocycles. The van der Waals surface area contributed by atoms with E-state index >= 15 is 0 Å². The van der Waals surface area contributed by atoms with Gasteiger partial charge in [-0.05, 0) is 6.92 Å². The van der Waals surface area contributed by atoms with E-state index in [0.29, 0.717) is 0 Å². The maximum Gasteiger partial charge on any atom is 0.334 e. The normalized spacial score (nSPS) is 13.8. The van der Waals surface area contributed by atoms with Gasteiger partial charge < -0.3 is 20.8 Å². The fourth-order valence-corrected chi connectivity index (χ4v) is 1.11. The molecular weight excluding hydrogens is 228 g/mol. The van der Waals surface area contributed by atoms with Gasteiger partial charge in [0.25, 0.3) is 0 Å². The molecule has 1 aromatic heterocycles. The van der Waals surface area contributed by atoms with Crippen molar-refractivity contribution in [3.63, 3.8) is 0 Å². The number of carboxylic acid groups (broad SMARTS) is 1. The number of hydrogen-bond donors (Lipinski definition) is 5. The van der Waals surface area contributed by atoms with E-state index in [0.717, 1.165) is 5.56 Å². The number of amides is 2. The van der Waals surface area contributed by atoms with Gasteiger partial charge in [-0.15, -0.1) is 0 Å². The molecule has 0 aliphatic heterocycles. The standard InChI is InChI=1S/C9H14N4O4/c1-5(6-2-11-12-3-6)13-9(17)10-4-7(14)8(15)16/h2-3,5,7,14H,4H2,1H3,(H,11,12)(H,15,16)(H2,10,13,17)/t5?,7-/m0/s1. The van der Waals surface area contributed by atoms with Crippen molar-refractivity contribution in [3.05, 3.63) is 18.0 Å². The first kappa shape index (κ1) is 13.0. The van der Waals surface area contributed by atoms with Crippen LogP contribution in [-0.2, 0) is 4.79 Å². The van der Waals surface area contributed by atoms with Crippen LogP contribution in [0.1, 0.15) is 18.5 Å². The van der Waals surface area contributed by atoms with E-state index in [2.05, 4.69) is 20.8 Å². The van der Waals surface area contributed by atoms with E-state index in [4.69, 9.17) is 10.2 Å². The summed E-state index contributed by atoms with van der Waals surface area (Å²) in [5.74, 6) is -1.38. The monoisotopic (exact) mass is 242 g/mol. The molecule has 2 atom stereocenters. The van der Waals surface area contributed by atoms with Gasteiger partial charge in [0.15, 0.2) is 6.10 Å². The van der Waals surface area contributed by atoms with Gasteiger partial charge in [0.1, 0.15) is 0 Å². The number of hydrogen-bond acceptors (Lipinski definition) is 4. The van der Waals surface area contributed by atoms with E-state index in [1.165, 1.54) is 0 Å². The van der Waals surface area contributed by atoms with E-state index in [1.807, 2.05) is 0 Å². The Morgan fingerprint density at radius 2 is 2.29 bits per heavy atom. The third-order valence-corrected chi connectivity index (χ3v) is 2.11. The molecule has 94 valence electrons. The minimum Gasteiger partial charge on any atom is -0.479 e. The first-order chi connectivity index (χ1) is 8.00. The summed E-state index contributed by atoms with van der Waals surface area (Å²) in [6.45, 7) is 1.40. The molecule has 1 heterocycles. The van der Waals surface area contributed by atoms with Gasteiger partial charge in [0.05, 0.1) is 18.8 Å². The van der Waals surface area contributed by atoms with Gasteiger partial charge in [0.2, 0.25) is 0 Å². The predicted octanol–water partition coefficient (Wildman–Crippen LogP) is -0.785. The second-order valence-corrected chi connectivity index (χ2v) is 3.46. The van der Waals surface area contributed by atoms with Crippen LogP contribution >= 0.6 is 0 Å². The molecule has 8 heteroatoms. The molecule has 0 aromatic carbocycles. The third kappa shape index (κ3) is 4.11. The lowest BCUT2D eigenvalue weighted by molar-refractivity contribution is -0.146. The fraction of sp³-hybridized carbons (Fsp3) is 0.444. The van der Waals surface area contributed by atoms with Crippen LogP contribution in [0.5, 0.6) is 0 Å². The summed E-state index contributed by atoms with van der Waals surface area (Å²) in [5.41, 5.74) is 0.791. The number of carbonyl (C=O) groups excluding carboxylic acids is 1. The quantitative estimate of drug-likeness (QED) is 0.462. The highest BCUT2D eigenvalue weighted by atomic mass is 16.4. The van der Waals surface area contributed by atoms with Crippen molar-refractivity contribution in [2.45, 2.75) is 19.1 Å². The number of aliphatic carboxylic acids is 1. The number of aromatic nitrogens is 2. The molecule has 0 fully saturated rings. The number of carboxylic acids is 1. The summed E-state index contributed by atoms with van der Waals surface area (Å²) >= 11 is 0. The molecular formula is C9H14N4O4. The summed E-state index contributed by atoms with van der Waals surface area (Å²) in [7, 11) is 0. The van der Waals surface area contributed by atoms with Gasteiger partial charge in [-0.2, -0.15) is 5.10 Å². The Balaban J connectivity index is 2.32. The van der Waals surface area contributed by atoms with Gasteiger partial charge in [0, 0.05) is 11.8 Å². The fourth-order valence-electron chi connectivity index (χ4n) is 1.11. The van der Waals surface area contributed by atoms with Crippen molar-refractivity contribution < 1.29 is 19.8 Å². The highest BCUT2D eigenvalue weighted by molar-refractivity contribution is 5.76. The zero-order valence-corrected chi connectivity index (χ0v) is 9.17. The Kier molecular flexibility index (Phi) is 4.46. The van der Waals surface area contributed by atoms with Crippen molar-refractivity contribution in [1.82, 2.24) is 20.8 Å². The smallest absolute Gasteiger partial charge is 0.334 e. The van der Waals surface area contributed by atoms with E-state index in [1.54, 1.807) is 19.3 Å². The van der Waals surface area contributed by atoms with Crippen molar-refractivity contribution in [3.8, 4) is 0 Å². The molecule has 1 unspecified atom stereocenters. The Morgan fingerprint density at radius 1 is 1.59 bits per heavy atom. The highest BCUT2D eigenvalue weighted by Gasteiger charge is 2.15. The molecule has 2 amide bonds. The van der Waals surface area contributed by atoms with E-state index < -0.39 is 18.1 Å². The second kappa shape index (κ2) is 5.85. The predicted molar refractivity (Wildman–Crippen MR) is 57.2 cm³/mol. The van der Waals surface area contributed by atoms with Crippen molar-refractivity contribution in [2.75, 3.05) is 6.54 Å². The lowest BCUT2D eigenvalue weighted by atomic mass is 10.2. The number of nitrogens with zero attached hydrogens (tertiary/aromatic N) is 1. The number of aliphatic hydroxyl groups is 1. The van der Waals surface area contributed by atoms with Gasteiger partial charge in [-0.3, -0.25) is 5.10 Å². The molecule has 8 nitrogen and oxygen atoms in total. The SMILES string of the molecule is CC(NC(=O)NC[C@H](O)C(=O)O)c1cn[nH]c1. The average molecular weight is 242 g/mol. The number of nitrogens with one attached hydrogen (secondary N) is 3.